The summed E-state index contributed by atoms with van der Waals surface area (Å²) in [6, 6.07) is 3.83. The van der Waals surface area contributed by atoms with E-state index in [1.807, 2.05) is 0 Å². The van der Waals surface area contributed by atoms with Crippen LogP contribution in [0.4, 0.5) is 4.39 Å². The Morgan fingerprint density at radius 1 is 1.26 bits per heavy atom. The quantitative estimate of drug-likeness (QED) is 0.626. The lowest BCUT2D eigenvalue weighted by molar-refractivity contribution is 0.104. The minimum absolute atomic E-state index is 0.0393. The number of hydrogen-bond acceptors (Lipinski definition) is 4. The lowest BCUT2D eigenvalue weighted by atomic mass is 10.1. The Morgan fingerprint density at radius 2 is 1.96 bits per heavy atom. The minimum Gasteiger partial charge on any atom is -0.494 e. The van der Waals surface area contributed by atoms with Crippen LogP contribution in [-0.2, 0) is 14.1 Å². The molecule has 7 heteroatoms. The van der Waals surface area contributed by atoms with Gasteiger partial charge in [0.2, 0.25) is 0 Å². The molecular weight excluding hydrogens is 303 g/mol. The highest BCUT2D eigenvalue weighted by Gasteiger charge is 2.09. The van der Waals surface area contributed by atoms with Crippen molar-refractivity contribution >= 4 is 11.9 Å². The van der Waals surface area contributed by atoms with Crippen molar-refractivity contribution in [1.82, 2.24) is 9.13 Å². The SMILES string of the molecule is COc1ccc(C(=O)/C=C\c2cn(C)c(=O)n(C)c2=O)cc1F. The van der Waals surface area contributed by atoms with Gasteiger partial charge in [0.05, 0.1) is 12.7 Å². The molecule has 120 valence electrons. The maximum atomic E-state index is 13.6. The summed E-state index contributed by atoms with van der Waals surface area (Å²) < 4.78 is 20.6. The topological polar surface area (TPSA) is 70.3 Å². The summed E-state index contributed by atoms with van der Waals surface area (Å²) in [6.45, 7) is 0. The number of aryl methyl sites for hydroxylation is 1. The predicted octanol–water partition coefficient (Wildman–Crippen LogP) is 1.13. The normalized spacial score (nSPS) is 11.0. The number of ketones is 1. The van der Waals surface area contributed by atoms with Crippen molar-refractivity contribution in [3.63, 3.8) is 0 Å². The molecule has 0 bridgehead atoms. The first-order valence-electron chi connectivity index (χ1n) is 6.67. The number of aromatic nitrogens is 2. The molecule has 0 radical (unpaired) electrons. The van der Waals surface area contributed by atoms with E-state index in [-0.39, 0.29) is 16.9 Å². The van der Waals surface area contributed by atoms with E-state index in [4.69, 9.17) is 4.74 Å². The number of carbonyl (C=O) groups excluding carboxylic acids is 1. The fourth-order valence-corrected chi connectivity index (χ4v) is 2.03. The van der Waals surface area contributed by atoms with Gasteiger partial charge in [-0.25, -0.2) is 9.18 Å². The van der Waals surface area contributed by atoms with E-state index in [1.165, 1.54) is 50.2 Å². The van der Waals surface area contributed by atoms with Gasteiger partial charge in [0.1, 0.15) is 0 Å². The zero-order valence-electron chi connectivity index (χ0n) is 12.9. The first-order chi connectivity index (χ1) is 10.8. The van der Waals surface area contributed by atoms with Gasteiger partial charge in [-0.1, -0.05) is 0 Å². The second-order valence-corrected chi connectivity index (χ2v) is 4.89. The highest BCUT2D eigenvalue weighted by Crippen LogP contribution is 2.18. The fourth-order valence-electron chi connectivity index (χ4n) is 2.03. The van der Waals surface area contributed by atoms with Gasteiger partial charge in [-0.3, -0.25) is 14.2 Å². The lowest BCUT2D eigenvalue weighted by Gasteiger charge is -2.04. The van der Waals surface area contributed by atoms with Gasteiger partial charge >= 0.3 is 5.69 Å². The molecule has 0 N–H and O–H groups in total. The zero-order valence-corrected chi connectivity index (χ0v) is 12.9. The molecule has 0 atom stereocenters. The molecule has 0 saturated carbocycles. The Labute approximate surface area is 131 Å². The van der Waals surface area contributed by atoms with Crippen LogP contribution >= 0.6 is 0 Å². The molecule has 1 aromatic heterocycles. The van der Waals surface area contributed by atoms with E-state index in [0.717, 1.165) is 16.7 Å². The molecule has 2 rings (SSSR count). The molecule has 0 saturated heterocycles. The van der Waals surface area contributed by atoms with Crippen LogP contribution in [-0.4, -0.2) is 22.0 Å². The van der Waals surface area contributed by atoms with Crippen LogP contribution in [0.3, 0.4) is 0 Å². The third-order valence-electron chi connectivity index (χ3n) is 3.32. The van der Waals surface area contributed by atoms with E-state index in [0.29, 0.717) is 0 Å². The van der Waals surface area contributed by atoms with Crippen LogP contribution in [0.5, 0.6) is 5.75 Å². The monoisotopic (exact) mass is 318 g/mol. The van der Waals surface area contributed by atoms with Gasteiger partial charge in [0.25, 0.3) is 5.56 Å². The van der Waals surface area contributed by atoms with E-state index < -0.39 is 22.8 Å². The fraction of sp³-hybridized carbons (Fsp3) is 0.188. The largest absolute Gasteiger partial charge is 0.494 e. The molecule has 1 heterocycles. The Kier molecular flexibility index (Phi) is 4.59. The van der Waals surface area contributed by atoms with Crippen LogP contribution < -0.4 is 16.0 Å². The highest BCUT2D eigenvalue weighted by atomic mass is 19.1. The predicted molar refractivity (Wildman–Crippen MR) is 83.2 cm³/mol. The number of rotatable bonds is 4. The van der Waals surface area contributed by atoms with Gasteiger partial charge in [0, 0.05) is 25.9 Å². The van der Waals surface area contributed by atoms with E-state index in [2.05, 4.69) is 0 Å². The number of hydrogen-bond donors (Lipinski definition) is 0. The summed E-state index contributed by atoms with van der Waals surface area (Å²) in [4.78, 5) is 35.6. The summed E-state index contributed by atoms with van der Waals surface area (Å²) >= 11 is 0. The second kappa shape index (κ2) is 6.43. The van der Waals surface area contributed by atoms with E-state index in [1.54, 1.807) is 0 Å². The second-order valence-electron chi connectivity index (χ2n) is 4.89. The van der Waals surface area contributed by atoms with Gasteiger partial charge in [0.15, 0.2) is 17.3 Å². The summed E-state index contributed by atoms with van der Waals surface area (Å²) in [5, 5.41) is 0. The van der Waals surface area contributed by atoms with Crippen LogP contribution in [0, 0.1) is 5.82 Å². The Morgan fingerprint density at radius 3 is 2.57 bits per heavy atom. The number of carbonyl (C=O) groups is 1. The van der Waals surface area contributed by atoms with Crippen molar-refractivity contribution in [3.8, 4) is 5.75 Å². The molecular formula is C16H15FN2O4. The molecule has 0 aliphatic heterocycles. The minimum atomic E-state index is -0.648. The Balaban J connectivity index is 2.34. The first kappa shape index (κ1) is 16.4. The number of halogens is 1. The summed E-state index contributed by atoms with van der Waals surface area (Å²) in [7, 11) is 4.18. The smallest absolute Gasteiger partial charge is 0.330 e. The van der Waals surface area contributed by atoms with Crippen molar-refractivity contribution in [3.05, 3.63) is 68.3 Å². The molecule has 1 aromatic carbocycles. The van der Waals surface area contributed by atoms with Crippen molar-refractivity contribution < 1.29 is 13.9 Å². The number of allylic oxidation sites excluding steroid dienone is 1. The van der Waals surface area contributed by atoms with Gasteiger partial charge < -0.3 is 9.30 Å². The third kappa shape index (κ3) is 3.28. The molecule has 0 spiro atoms. The van der Waals surface area contributed by atoms with E-state index >= 15 is 0 Å². The molecule has 23 heavy (non-hydrogen) atoms. The van der Waals surface area contributed by atoms with E-state index in [9.17, 15) is 18.8 Å². The summed E-state index contributed by atoms with van der Waals surface area (Å²) in [5.74, 6) is -1.08. The molecule has 0 aliphatic rings. The maximum Gasteiger partial charge on any atom is 0.330 e. The Bertz CT molecular complexity index is 909. The first-order valence-corrected chi connectivity index (χ1v) is 6.67. The van der Waals surface area contributed by atoms with Gasteiger partial charge in [-0.2, -0.15) is 0 Å². The molecule has 0 aliphatic carbocycles. The number of nitrogens with zero attached hydrogens (tertiary/aromatic N) is 2. The molecule has 0 amide bonds. The van der Waals surface area contributed by atoms with Gasteiger partial charge in [-0.05, 0) is 30.4 Å². The molecule has 0 fully saturated rings. The molecule has 6 nitrogen and oxygen atoms in total. The standard InChI is InChI=1S/C16H15FN2O4/c1-18-9-11(15(21)19(2)16(18)22)4-6-13(20)10-5-7-14(23-3)12(17)8-10/h4-9H,1-3H3/b6-4-. The van der Waals surface area contributed by atoms with Crippen LogP contribution in [0.2, 0.25) is 0 Å². The highest BCUT2D eigenvalue weighted by molar-refractivity contribution is 6.06. The summed E-state index contributed by atoms with van der Waals surface area (Å²) in [5.41, 5.74) is -0.674. The van der Waals surface area contributed by atoms with Crippen molar-refractivity contribution in [2.24, 2.45) is 14.1 Å². The number of benzene rings is 1. The lowest BCUT2D eigenvalue weighted by Crippen LogP contribution is -2.37. The van der Waals surface area contributed by atoms with Crippen molar-refractivity contribution in [1.29, 1.82) is 0 Å². The van der Waals surface area contributed by atoms with Gasteiger partial charge in [-0.15, -0.1) is 0 Å². The number of methoxy groups -OCH3 is 1. The van der Waals surface area contributed by atoms with Crippen molar-refractivity contribution in [2.45, 2.75) is 0 Å². The average molecular weight is 318 g/mol. The molecule has 2 aromatic rings. The van der Waals surface area contributed by atoms with Crippen LogP contribution in [0.1, 0.15) is 15.9 Å². The van der Waals surface area contributed by atoms with Crippen LogP contribution in [0.15, 0.2) is 40.1 Å². The maximum absolute atomic E-state index is 13.6. The summed E-state index contributed by atoms with van der Waals surface area (Å²) in [6.07, 6.45) is 3.79. The van der Waals surface area contributed by atoms with Crippen LogP contribution in [0.25, 0.3) is 6.08 Å². The Hall–Kier alpha value is -2.96. The number of ether oxygens (including phenoxy) is 1. The molecule has 0 unspecified atom stereocenters. The van der Waals surface area contributed by atoms with Crippen molar-refractivity contribution in [2.75, 3.05) is 7.11 Å². The third-order valence-corrected chi connectivity index (χ3v) is 3.32. The average Bonchev–Trinajstić information content (AvgIpc) is 2.54. The zero-order chi connectivity index (χ0) is 17.1.